The molecule has 3 N–H and O–H groups in total. The summed E-state index contributed by atoms with van der Waals surface area (Å²) < 4.78 is 23.8. The van der Waals surface area contributed by atoms with Gasteiger partial charge in [-0.25, -0.2) is 15.1 Å². The minimum Gasteiger partial charge on any atom is -0.351 e. The summed E-state index contributed by atoms with van der Waals surface area (Å²) in [5.41, 5.74) is 0.636. The van der Waals surface area contributed by atoms with Crippen molar-refractivity contribution < 1.29 is 8.42 Å². The highest BCUT2D eigenvalue weighted by atomic mass is 32.2. The number of anilines is 1. The SMILES string of the molecule is NS(=O)(=O)N1CCC(Nc2ncc3cccnc3n2)CC1. The number of hydrogen-bond donors (Lipinski definition) is 2. The van der Waals surface area contributed by atoms with Gasteiger partial charge in [-0.3, -0.25) is 0 Å². The summed E-state index contributed by atoms with van der Waals surface area (Å²) in [4.78, 5) is 12.8. The first-order valence-electron chi connectivity index (χ1n) is 6.64. The van der Waals surface area contributed by atoms with Crippen molar-refractivity contribution in [3.8, 4) is 0 Å². The van der Waals surface area contributed by atoms with E-state index in [9.17, 15) is 8.42 Å². The number of nitrogens with two attached hydrogens (primary N) is 1. The van der Waals surface area contributed by atoms with E-state index < -0.39 is 10.2 Å². The van der Waals surface area contributed by atoms with Crippen molar-refractivity contribution in [3.63, 3.8) is 0 Å². The zero-order chi connectivity index (χ0) is 14.9. The van der Waals surface area contributed by atoms with E-state index in [1.54, 1.807) is 12.4 Å². The van der Waals surface area contributed by atoms with Crippen LogP contribution in [0.1, 0.15) is 12.8 Å². The van der Waals surface area contributed by atoms with Gasteiger partial charge in [-0.1, -0.05) is 0 Å². The molecule has 0 spiro atoms. The van der Waals surface area contributed by atoms with Gasteiger partial charge in [-0.05, 0) is 25.0 Å². The lowest BCUT2D eigenvalue weighted by Gasteiger charge is -2.30. The molecule has 8 nitrogen and oxygen atoms in total. The Morgan fingerprint density at radius 3 is 2.76 bits per heavy atom. The number of pyridine rings is 1. The normalized spacial score (nSPS) is 18.0. The number of nitrogens with one attached hydrogen (secondary N) is 1. The van der Waals surface area contributed by atoms with Crippen LogP contribution in [-0.2, 0) is 10.2 Å². The number of nitrogens with zero attached hydrogens (tertiary/aromatic N) is 4. The van der Waals surface area contributed by atoms with Crippen LogP contribution in [0.15, 0.2) is 24.5 Å². The molecule has 112 valence electrons. The quantitative estimate of drug-likeness (QED) is 0.831. The highest BCUT2D eigenvalue weighted by Crippen LogP contribution is 2.16. The predicted octanol–water partition coefficient (Wildman–Crippen LogP) is 0.105. The molecule has 0 bridgehead atoms. The molecule has 0 saturated carbocycles. The summed E-state index contributed by atoms with van der Waals surface area (Å²) in [6.45, 7) is 0.810. The fraction of sp³-hybridized carbons (Fsp3) is 0.417. The third-order valence-electron chi connectivity index (χ3n) is 3.50. The van der Waals surface area contributed by atoms with Crippen LogP contribution in [0.2, 0.25) is 0 Å². The second kappa shape index (κ2) is 5.51. The van der Waals surface area contributed by atoms with Gasteiger partial charge in [0.1, 0.15) is 0 Å². The van der Waals surface area contributed by atoms with Crippen molar-refractivity contribution in [1.29, 1.82) is 0 Å². The molecule has 1 aliphatic rings. The second-order valence-corrected chi connectivity index (χ2v) is 6.52. The smallest absolute Gasteiger partial charge is 0.276 e. The molecule has 1 saturated heterocycles. The summed E-state index contributed by atoms with van der Waals surface area (Å²) in [7, 11) is -3.59. The molecule has 0 amide bonds. The molecule has 2 aromatic heterocycles. The number of rotatable bonds is 3. The van der Waals surface area contributed by atoms with Crippen LogP contribution in [-0.4, -0.2) is 46.8 Å². The van der Waals surface area contributed by atoms with E-state index >= 15 is 0 Å². The van der Waals surface area contributed by atoms with Gasteiger partial charge in [0.2, 0.25) is 5.95 Å². The minimum absolute atomic E-state index is 0.129. The van der Waals surface area contributed by atoms with E-state index in [2.05, 4.69) is 20.3 Å². The van der Waals surface area contributed by atoms with Crippen LogP contribution in [0.3, 0.4) is 0 Å². The molecule has 3 heterocycles. The van der Waals surface area contributed by atoms with E-state index in [0.717, 1.165) is 5.39 Å². The molecule has 0 atom stereocenters. The van der Waals surface area contributed by atoms with Gasteiger partial charge >= 0.3 is 0 Å². The summed E-state index contributed by atoms with van der Waals surface area (Å²) >= 11 is 0. The molecule has 2 aromatic rings. The van der Waals surface area contributed by atoms with E-state index in [-0.39, 0.29) is 6.04 Å². The van der Waals surface area contributed by atoms with Crippen molar-refractivity contribution in [3.05, 3.63) is 24.5 Å². The van der Waals surface area contributed by atoms with Gasteiger partial charge in [0.25, 0.3) is 10.2 Å². The molecule has 9 heteroatoms. The molecule has 0 aliphatic carbocycles. The third kappa shape index (κ3) is 3.26. The first kappa shape index (κ1) is 14.1. The summed E-state index contributed by atoms with van der Waals surface area (Å²) in [6.07, 6.45) is 4.74. The topological polar surface area (TPSA) is 114 Å². The van der Waals surface area contributed by atoms with Crippen molar-refractivity contribution in [2.75, 3.05) is 18.4 Å². The maximum Gasteiger partial charge on any atom is 0.276 e. The molecular formula is C12H16N6O2S. The Balaban J connectivity index is 1.67. The largest absolute Gasteiger partial charge is 0.351 e. The van der Waals surface area contributed by atoms with Crippen LogP contribution in [0.25, 0.3) is 11.0 Å². The Morgan fingerprint density at radius 2 is 2.05 bits per heavy atom. The maximum atomic E-state index is 11.2. The first-order chi connectivity index (χ1) is 10.0. The van der Waals surface area contributed by atoms with E-state index in [1.165, 1.54) is 4.31 Å². The lowest BCUT2D eigenvalue weighted by Crippen LogP contribution is -2.45. The third-order valence-corrected chi connectivity index (χ3v) is 4.59. The minimum atomic E-state index is -3.59. The molecule has 3 rings (SSSR count). The zero-order valence-electron chi connectivity index (χ0n) is 11.3. The van der Waals surface area contributed by atoms with Crippen molar-refractivity contribution in [2.24, 2.45) is 5.14 Å². The van der Waals surface area contributed by atoms with Gasteiger partial charge in [0, 0.05) is 36.9 Å². The summed E-state index contributed by atoms with van der Waals surface area (Å²) in [6, 6.07) is 3.86. The Hall–Kier alpha value is -1.84. The number of fused-ring (bicyclic) bond motifs is 1. The van der Waals surface area contributed by atoms with Crippen LogP contribution < -0.4 is 10.5 Å². The average molecular weight is 308 g/mol. The maximum absolute atomic E-state index is 11.2. The Labute approximate surface area is 122 Å². The number of piperidine rings is 1. The Morgan fingerprint density at radius 1 is 1.29 bits per heavy atom. The Bertz CT molecular complexity index is 742. The first-order valence-corrected chi connectivity index (χ1v) is 8.15. The monoisotopic (exact) mass is 308 g/mol. The molecular weight excluding hydrogens is 292 g/mol. The summed E-state index contributed by atoms with van der Waals surface area (Å²) in [5, 5.41) is 9.22. The van der Waals surface area contributed by atoms with Gasteiger partial charge < -0.3 is 5.32 Å². The van der Waals surface area contributed by atoms with Crippen molar-refractivity contribution >= 4 is 27.2 Å². The molecule has 21 heavy (non-hydrogen) atoms. The summed E-state index contributed by atoms with van der Waals surface area (Å²) in [5.74, 6) is 0.509. The van der Waals surface area contributed by atoms with Gasteiger partial charge in [0.15, 0.2) is 5.65 Å². The molecule has 1 aliphatic heterocycles. The van der Waals surface area contributed by atoms with Crippen molar-refractivity contribution in [2.45, 2.75) is 18.9 Å². The van der Waals surface area contributed by atoms with E-state index in [0.29, 0.717) is 37.5 Å². The predicted molar refractivity (Wildman–Crippen MR) is 78.7 cm³/mol. The molecule has 1 fully saturated rings. The molecule has 0 radical (unpaired) electrons. The molecule has 0 aromatic carbocycles. The van der Waals surface area contributed by atoms with Crippen LogP contribution in [0.4, 0.5) is 5.95 Å². The lowest BCUT2D eigenvalue weighted by atomic mass is 10.1. The van der Waals surface area contributed by atoms with Gasteiger partial charge in [-0.2, -0.15) is 17.7 Å². The zero-order valence-corrected chi connectivity index (χ0v) is 12.1. The van der Waals surface area contributed by atoms with Crippen molar-refractivity contribution in [1.82, 2.24) is 19.3 Å². The number of hydrogen-bond acceptors (Lipinski definition) is 6. The van der Waals surface area contributed by atoms with Gasteiger partial charge in [0.05, 0.1) is 0 Å². The highest BCUT2D eigenvalue weighted by molar-refractivity contribution is 7.86. The average Bonchev–Trinajstić information content (AvgIpc) is 2.47. The number of aromatic nitrogens is 3. The van der Waals surface area contributed by atoms with E-state index in [1.807, 2.05) is 12.1 Å². The van der Waals surface area contributed by atoms with E-state index in [4.69, 9.17) is 5.14 Å². The fourth-order valence-corrected chi connectivity index (χ4v) is 3.09. The standard InChI is InChI=1S/C12H16N6O2S/c13-21(19,20)18-6-3-10(4-7-18)16-12-15-8-9-2-1-5-14-11(9)17-12/h1-2,5,8,10H,3-4,6-7H2,(H2,13,19,20)(H,14,15,16,17). The second-order valence-electron chi connectivity index (χ2n) is 4.97. The van der Waals surface area contributed by atoms with Crippen LogP contribution in [0, 0.1) is 0 Å². The lowest BCUT2D eigenvalue weighted by molar-refractivity contribution is 0.329. The van der Waals surface area contributed by atoms with Crippen LogP contribution >= 0.6 is 0 Å². The van der Waals surface area contributed by atoms with Crippen LogP contribution in [0.5, 0.6) is 0 Å². The molecule has 0 unspecified atom stereocenters. The Kier molecular flexibility index (Phi) is 3.70. The highest BCUT2D eigenvalue weighted by Gasteiger charge is 2.25. The fourth-order valence-electron chi connectivity index (χ4n) is 2.37. The van der Waals surface area contributed by atoms with Gasteiger partial charge in [-0.15, -0.1) is 0 Å².